The second-order valence-corrected chi connectivity index (χ2v) is 6.44. The molecular formula is C19H19N5O. The normalized spacial score (nSPS) is 12.2. The van der Waals surface area contributed by atoms with Gasteiger partial charge in [-0.25, -0.2) is 4.98 Å². The average molecular weight is 333 g/mol. The number of aromatic hydroxyl groups is 1. The Hall–Kier alpha value is -3.15. The molecule has 0 fully saturated rings. The molecule has 2 N–H and O–H groups in total. The number of hydrogen-bond acceptors (Lipinski definition) is 4. The van der Waals surface area contributed by atoms with Crippen molar-refractivity contribution in [2.75, 3.05) is 0 Å². The van der Waals surface area contributed by atoms with Crippen molar-refractivity contribution in [3.05, 3.63) is 48.0 Å². The minimum Gasteiger partial charge on any atom is -0.493 e. The third kappa shape index (κ3) is 2.55. The van der Waals surface area contributed by atoms with Crippen molar-refractivity contribution in [3.8, 4) is 5.88 Å². The minimum atomic E-state index is 0.0124. The topological polar surface area (TPSA) is 78.6 Å². The van der Waals surface area contributed by atoms with E-state index >= 15 is 0 Å². The lowest BCUT2D eigenvalue weighted by atomic mass is 10.0. The summed E-state index contributed by atoms with van der Waals surface area (Å²) in [6.07, 6.45) is 0. The van der Waals surface area contributed by atoms with E-state index in [-0.39, 0.29) is 5.88 Å². The lowest BCUT2D eigenvalue weighted by Crippen LogP contribution is -1.86. The van der Waals surface area contributed by atoms with Crippen LogP contribution in [0.15, 0.2) is 52.7 Å². The van der Waals surface area contributed by atoms with Gasteiger partial charge >= 0.3 is 0 Å². The van der Waals surface area contributed by atoms with Crippen molar-refractivity contribution in [2.24, 2.45) is 17.3 Å². The molecule has 0 aliphatic carbocycles. The summed E-state index contributed by atoms with van der Waals surface area (Å²) in [7, 11) is 1.90. The van der Waals surface area contributed by atoms with Gasteiger partial charge in [-0.3, -0.25) is 0 Å². The molecule has 2 heterocycles. The summed E-state index contributed by atoms with van der Waals surface area (Å²) >= 11 is 0. The molecule has 0 saturated heterocycles. The summed E-state index contributed by atoms with van der Waals surface area (Å²) < 4.78 is 1.88. The van der Waals surface area contributed by atoms with Crippen LogP contribution in [0.3, 0.4) is 0 Å². The number of nitrogens with zero attached hydrogens (tertiary/aromatic N) is 4. The molecule has 0 aliphatic rings. The van der Waals surface area contributed by atoms with Crippen molar-refractivity contribution in [1.82, 2.24) is 14.5 Å². The Bertz CT molecular complexity index is 1100. The molecule has 6 heteroatoms. The number of hydrogen-bond donors (Lipinski definition) is 2. The summed E-state index contributed by atoms with van der Waals surface area (Å²) in [6, 6.07) is 13.9. The predicted octanol–water partition coefficient (Wildman–Crippen LogP) is 5.30. The first-order valence-corrected chi connectivity index (χ1v) is 8.22. The molecule has 0 bridgehead atoms. The highest BCUT2D eigenvalue weighted by atomic mass is 16.3. The van der Waals surface area contributed by atoms with E-state index in [2.05, 4.69) is 40.1 Å². The molecule has 126 valence electrons. The molecule has 25 heavy (non-hydrogen) atoms. The number of para-hydroxylation sites is 2. The number of aromatic amines is 1. The number of azo groups is 1. The summed E-state index contributed by atoms with van der Waals surface area (Å²) in [4.78, 5) is 7.42. The van der Waals surface area contributed by atoms with Crippen LogP contribution in [0.5, 0.6) is 5.88 Å². The SMILES string of the molecule is CC(C)c1ccc2[nH]c(O)c(N=Nc3nc4ccccc4n3C)c2c1. The van der Waals surface area contributed by atoms with Crippen molar-refractivity contribution < 1.29 is 5.11 Å². The van der Waals surface area contributed by atoms with Crippen LogP contribution < -0.4 is 0 Å². The highest BCUT2D eigenvalue weighted by Gasteiger charge is 2.13. The number of fused-ring (bicyclic) bond motifs is 2. The fraction of sp³-hybridized carbons (Fsp3) is 0.211. The van der Waals surface area contributed by atoms with Crippen molar-refractivity contribution in [3.63, 3.8) is 0 Å². The van der Waals surface area contributed by atoms with E-state index in [0.717, 1.165) is 21.9 Å². The molecule has 0 atom stereocenters. The van der Waals surface area contributed by atoms with Crippen LogP contribution in [0, 0.1) is 0 Å². The molecule has 4 rings (SSSR count). The Morgan fingerprint density at radius 3 is 2.68 bits per heavy atom. The maximum absolute atomic E-state index is 10.2. The van der Waals surface area contributed by atoms with Gasteiger partial charge in [-0.15, -0.1) is 10.2 Å². The van der Waals surface area contributed by atoms with E-state index in [4.69, 9.17) is 0 Å². The monoisotopic (exact) mass is 333 g/mol. The second-order valence-electron chi connectivity index (χ2n) is 6.44. The quantitative estimate of drug-likeness (QED) is 0.499. The zero-order valence-corrected chi connectivity index (χ0v) is 14.4. The predicted molar refractivity (Wildman–Crippen MR) is 98.9 cm³/mol. The highest BCUT2D eigenvalue weighted by Crippen LogP contribution is 2.37. The maximum Gasteiger partial charge on any atom is 0.250 e. The molecule has 2 aromatic heterocycles. The Kier molecular flexibility index (Phi) is 3.53. The number of nitrogens with one attached hydrogen (secondary N) is 1. The molecule has 4 aromatic rings. The van der Waals surface area contributed by atoms with Gasteiger partial charge in [0.1, 0.15) is 0 Å². The first-order chi connectivity index (χ1) is 12.0. The van der Waals surface area contributed by atoms with Gasteiger partial charge in [-0.2, -0.15) is 0 Å². The number of aryl methyl sites for hydroxylation is 1. The first kappa shape index (κ1) is 15.4. The second kappa shape index (κ2) is 5.73. The zero-order chi connectivity index (χ0) is 17.6. The van der Waals surface area contributed by atoms with E-state index in [0.29, 0.717) is 17.6 Å². The molecule has 6 nitrogen and oxygen atoms in total. The van der Waals surface area contributed by atoms with Crippen LogP contribution in [0.4, 0.5) is 11.6 Å². The van der Waals surface area contributed by atoms with E-state index in [1.165, 1.54) is 5.56 Å². The van der Waals surface area contributed by atoms with Gasteiger partial charge in [0.25, 0.3) is 0 Å². The lowest BCUT2D eigenvalue weighted by molar-refractivity contribution is 0.459. The summed E-state index contributed by atoms with van der Waals surface area (Å²) in [5.41, 5.74) is 4.31. The molecular weight excluding hydrogens is 314 g/mol. The van der Waals surface area contributed by atoms with E-state index in [1.54, 1.807) is 0 Å². The molecule has 0 saturated carbocycles. The summed E-state index contributed by atoms with van der Waals surface area (Å²) in [5, 5.41) is 19.6. The van der Waals surface area contributed by atoms with Gasteiger partial charge in [-0.05, 0) is 35.7 Å². The fourth-order valence-electron chi connectivity index (χ4n) is 2.96. The van der Waals surface area contributed by atoms with Crippen LogP contribution in [-0.2, 0) is 7.05 Å². The van der Waals surface area contributed by atoms with Crippen LogP contribution in [0.2, 0.25) is 0 Å². The maximum atomic E-state index is 10.2. The Balaban J connectivity index is 1.81. The smallest absolute Gasteiger partial charge is 0.250 e. The number of aromatic nitrogens is 3. The number of benzene rings is 2. The van der Waals surface area contributed by atoms with E-state index in [9.17, 15) is 5.11 Å². The van der Waals surface area contributed by atoms with Crippen molar-refractivity contribution in [2.45, 2.75) is 19.8 Å². The average Bonchev–Trinajstić information content (AvgIpc) is 3.09. The lowest BCUT2D eigenvalue weighted by Gasteiger charge is -2.04. The van der Waals surface area contributed by atoms with Crippen LogP contribution in [0.1, 0.15) is 25.3 Å². The van der Waals surface area contributed by atoms with Crippen LogP contribution in [-0.4, -0.2) is 19.6 Å². The first-order valence-electron chi connectivity index (χ1n) is 8.22. The number of imidazole rings is 1. The van der Waals surface area contributed by atoms with Gasteiger partial charge in [0, 0.05) is 12.4 Å². The Morgan fingerprint density at radius 1 is 1.12 bits per heavy atom. The molecule has 0 spiro atoms. The largest absolute Gasteiger partial charge is 0.493 e. The molecule has 0 aliphatic heterocycles. The summed E-state index contributed by atoms with van der Waals surface area (Å²) in [6.45, 7) is 4.27. The fourth-order valence-corrected chi connectivity index (χ4v) is 2.96. The van der Waals surface area contributed by atoms with E-state index in [1.807, 2.05) is 48.0 Å². The van der Waals surface area contributed by atoms with Gasteiger partial charge in [0.05, 0.1) is 16.6 Å². The Morgan fingerprint density at radius 2 is 1.92 bits per heavy atom. The molecule has 2 aromatic carbocycles. The zero-order valence-electron chi connectivity index (χ0n) is 14.4. The standard InChI is InChI=1S/C19H19N5O/c1-11(2)12-8-9-14-13(10-12)17(18(25)20-14)22-23-19-21-15-6-4-5-7-16(15)24(19)3/h4-11,20,25H,1-3H3. The van der Waals surface area contributed by atoms with Crippen LogP contribution >= 0.6 is 0 Å². The third-order valence-corrected chi connectivity index (χ3v) is 4.45. The van der Waals surface area contributed by atoms with Crippen molar-refractivity contribution >= 4 is 33.6 Å². The molecule has 0 amide bonds. The minimum absolute atomic E-state index is 0.0124. The van der Waals surface area contributed by atoms with E-state index < -0.39 is 0 Å². The third-order valence-electron chi connectivity index (χ3n) is 4.45. The van der Waals surface area contributed by atoms with Gasteiger partial charge in [0.15, 0.2) is 5.69 Å². The van der Waals surface area contributed by atoms with Gasteiger partial charge in [-0.1, -0.05) is 32.0 Å². The Labute approximate surface area is 144 Å². The number of H-pyrrole nitrogens is 1. The number of rotatable bonds is 3. The summed E-state index contributed by atoms with van der Waals surface area (Å²) in [5.74, 6) is 0.902. The molecule has 0 unspecified atom stereocenters. The van der Waals surface area contributed by atoms with Crippen LogP contribution in [0.25, 0.3) is 21.9 Å². The highest BCUT2D eigenvalue weighted by molar-refractivity contribution is 5.94. The van der Waals surface area contributed by atoms with Gasteiger partial charge < -0.3 is 14.7 Å². The molecule has 0 radical (unpaired) electrons. The van der Waals surface area contributed by atoms with Crippen molar-refractivity contribution in [1.29, 1.82) is 0 Å². The van der Waals surface area contributed by atoms with Gasteiger partial charge in [0.2, 0.25) is 11.8 Å².